The number of halogens is 1. The standard InChI is InChI=1S/C14H19ClN4O/c1-10-12-9-11(5-4-6-16-7-8-20-3)13(15)17-14(12)19(2)18-10/h4-5,9,16H,6-8H2,1-3H3. The van der Waals surface area contributed by atoms with Gasteiger partial charge in [-0.05, 0) is 13.0 Å². The SMILES string of the molecule is COCCNCC=Cc1cc2c(C)nn(C)c2nc1Cl. The van der Waals surface area contributed by atoms with Crippen LogP contribution in [0.4, 0.5) is 0 Å². The number of ether oxygens (including phenoxy) is 1. The Kier molecular flexibility index (Phi) is 5.11. The van der Waals surface area contributed by atoms with Crippen molar-refractivity contribution in [1.29, 1.82) is 0 Å². The smallest absolute Gasteiger partial charge is 0.159 e. The average molecular weight is 295 g/mol. The monoisotopic (exact) mass is 294 g/mol. The number of rotatable bonds is 6. The van der Waals surface area contributed by atoms with Crippen molar-refractivity contribution in [3.63, 3.8) is 0 Å². The number of aryl methyl sites for hydroxylation is 2. The molecule has 6 heteroatoms. The van der Waals surface area contributed by atoms with Crippen molar-refractivity contribution in [2.45, 2.75) is 6.92 Å². The number of hydrogen-bond acceptors (Lipinski definition) is 4. The van der Waals surface area contributed by atoms with Crippen molar-refractivity contribution in [3.05, 3.63) is 28.6 Å². The van der Waals surface area contributed by atoms with Gasteiger partial charge in [-0.2, -0.15) is 5.10 Å². The highest BCUT2D eigenvalue weighted by molar-refractivity contribution is 6.31. The second kappa shape index (κ2) is 6.83. The predicted octanol–water partition coefficient (Wildman–Crippen LogP) is 2.18. The van der Waals surface area contributed by atoms with E-state index in [2.05, 4.69) is 15.4 Å². The fourth-order valence-corrected chi connectivity index (χ4v) is 2.20. The third-order valence-corrected chi connectivity index (χ3v) is 3.32. The van der Waals surface area contributed by atoms with E-state index in [-0.39, 0.29) is 0 Å². The number of aromatic nitrogens is 3. The zero-order valence-corrected chi connectivity index (χ0v) is 12.7. The van der Waals surface area contributed by atoms with Crippen LogP contribution in [0.5, 0.6) is 0 Å². The van der Waals surface area contributed by atoms with E-state index in [9.17, 15) is 0 Å². The first kappa shape index (κ1) is 15.0. The van der Waals surface area contributed by atoms with Gasteiger partial charge >= 0.3 is 0 Å². The molecule has 0 aromatic carbocycles. The molecule has 0 atom stereocenters. The van der Waals surface area contributed by atoms with Gasteiger partial charge in [0.1, 0.15) is 5.15 Å². The van der Waals surface area contributed by atoms with Crippen molar-refractivity contribution >= 4 is 28.7 Å². The Morgan fingerprint density at radius 2 is 2.30 bits per heavy atom. The number of fused-ring (bicyclic) bond motifs is 1. The molecule has 108 valence electrons. The number of methoxy groups -OCH3 is 1. The molecule has 2 aromatic rings. The molecule has 0 bridgehead atoms. The van der Waals surface area contributed by atoms with Crippen molar-refractivity contribution in [1.82, 2.24) is 20.1 Å². The zero-order chi connectivity index (χ0) is 14.5. The molecule has 0 amide bonds. The van der Waals surface area contributed by atoms with Gasteiger partial charge in [0.2, 0.25) is 0 Å². The van der Waals surface area contributed by atoms with E-state index < -0.39 is 0 Å². The molecule has 0 aliphatic heterocycles. The molecule has 0 fully saturated rings. The van der Waals surface area contributed by atoms with E-state index in [1.54, 1.807) is 11.8 Å². The Morgan fingerprint density at radius 1 is 1.50 bits per heavy atom. The molecule has 2 aromatic heterocycles. The van der Waals surface area contributed by atoms with Gasteiger partial charge in [-0.25, -0.2) is 4.98 Å². The number of nitrogens with one attached hydrogen (secondary N) is 1. The lowest BCUT2D eigenvalue weighted by Crippen LogP contribution is -2.18. The lowest BCUT2D eigenvalue weighted by atomic mass is 10.2. The maximum Gasteiger partial charge on any atom is 0.159 e. The van der Waals surface area contributed by atoms with Crippen LogP contribution in [0.2, 0.25) is 5.15 Å². The number of nitrogens with zero attached hydrogens (tertiary/aromatic N) is 3. The fourth-order valence-electron chi connectivity index (χ4n) is 2.00. The van der Waals surface area contributed by atoms with Crippen LogP contribution in [0.25, 0.3) is 17.1 Å². The van der Waals surface area contributed by atoms with E-state index >= 15 is 0 Å². The van der Waals surface area contributed by atoms with E-state index in [0.29, 0.717) is 11.8 Å². The first-order chi connectivity index (χ1) is 9.63. The molecule has 0 aliphatic carbocycles. The highest BCUT2D eigenvalue weighted by Crippen LogP contribution is 2.23. The van der Waals surface area contributed by atoms with Crippen LogP contribution in [-0.2, 0) is 11.8 Å². The quantitative estimate of drug-likeness (QED) is 0.655. The fraction of sp³-hybridized carbons (Fsp3) is 0.429. The maximum absolute atomic E-state index is 6.20. The summed E-state index contributed by atoms with van der Waals surface area (Å²) >= 11 is 6.20. The van der Waals surface area contributed by atoms with Crippen molar-refractivity contribution < 1.29 is 4.74 Å². The third-order valence-electron chi connectivity index (χ3n) is 3.02. The molecule has 0 radical (unpaired) electrons. The summed E-state index contributed by atoms with van der Waals surface area (Å²) in [6.07, 6.45) is 4.00. The third kappa shape index (κ3) is 3.36. The van der Waals surface area contributed by atoms with Crippen LogP contribution in [0, 0.1) is 6.92 Å². The van der Waals surface area contributed by atoms with E-state index in [1.807, 2.05) is 32.2 Å². The van der Waals surface area contributed by atoms with Crippen LogP contribution >= 0.6 is 11.6 Å². The molecule has 5 nitrogen and oxygen atoms in total. The van der Waals surface area contributed by atoms with Crippen LogP contribution in [0.1, 0.15) is 11.3 Å². The summed E-state index contributed by atoms with van der Waals surface area (Å²) in [6, 6.07) is 2.03. The molecule has 0 saturated heterocycles. The van der Waals surface area contributed by atoms with Crippen molar-refractivity contribution in [2.24, 2.45) is 7.05 Å². The normalized spacial score (nSPS) is 11.8. The van der Waals surface area contributed by atoms with Gasteiger partial charge < -0.3 is 10.1 Å². The van der Waals surface area contributed by atoms with E-state index in [1.165, 1.54) is 0 Å². The molecule has 0 unspecified atom stereocenters. The number of pyridine rings is 1. The van der Waals surface area contributed by atoms with Crippen LogP contribution in [0.3, 0.4) is 0 Å². The Balaban J connectivity index is 2.12. The minimum absolute atomic E-state index is 0.494. The highest BCUT2D eigenvalue weighted by atomic mass is 35.5. The molecule has 1 N–H and O–H groups in total. The van der Waals surface area contributed by atoms with Gasteiger partial charge in [0, 0.05) is 38.2 Å². The average Bonchev–Trinajstić information content (AvgIpc) is 2.69. The van der Waals surface area contributed by atoms with E-state index in [0.717, 1.165) is 35.4 Å². The van der Waals surface area contributed by atoms with Crippen molar-refractivity contribution in [2.75, 3.05) is 26.8 Å². The topological polar surface area (TPSA) is 52.0 Å². The van der Waals surface area contributed by atoms with Gasteiger partial charge in [0.15, 0.2) is 5.65 Å². The summed E-state index contributed by atoms with van der Waals surface area (Å²) in [5.74, 6) is 0. The van der Waals surface area contributed by atoms with Crippen LogP contribution < -0.4 is 5.32 Å². The molecular weight excluding hydrogens is 276 g/mol. The molecule has 2 rings (SSSR count). The minimum atomic E-state index is 0.494. The molecule has 0 spiro atoms. The Morgan fingerprint density at radius 3 is 3.05 bits per heavy atom. The summed E-state index contributed by atoms with van der Waals surface area (Å²) in [7, 11) is 3.56. The van der Waals surface area contributed by atoms with E-state index in [4.69, 9.17) is 16.3 Å². The molecule has 20 heavy (non-hydrogen) atoms. The number of hydrogen-bond donors (Lipinski definition) is 1. The second-order valence-corrected chi connectivity index (χ2v) is 4.91. The Labute approximate surface area is 123 Å². The summed E-state index contributed by atoms with van der Waals surface area (Å²) in [5, 5.41) is 9.11. The van der Waals surface area contributed by atoms with Gasteiger partial charge in [0.25, 0.3) is 0 Å². The van der Waals surface area contributed by atoms with Gasteiger partial charge in [-0.15, -0.1) is 0 Å². The minimum Gasteiger partial charge on any atom is -0.383 e. The first-order valence-electron chi connectivity index (χ1n) is 6.49. The summed E-state index contributed by atoms with van der Waals surface area (Å²) in [5.41, 5.74) is 2.67. The summed E-state index contributed by atoms with van der Waals surface area (Å²) in [4.78, 5) is 4.40. The Hall–Kier alpha value is -1.43. The molecule has 0 aliphatic rings. The zero-order valence-electron chi connectivity index (χ0n) is 12.0. The van der Waals surface area contributed by atoms with Crippen molar-refractivity contribution in [3.8, 4) is 0 Å². The molecular formula is C14H19ClN4O. The largest absolute Gasteiger partial charge is 0.383 e. The lowest BCUT2D eigenvalue weighted by molar-refractivity contribution is 0.200. The first-order valence-corrected chi connectivity index (χ1v) is 6.87. The maximum atomic E-state index is 6.20. The summed E-state index contributed by atoms with van der Waals surface area (Å²) < 4.78 is 6.71. The molecule has 0 saturated carbocycles. The lowest BCUT2D eigenvalue weighted by Gasteiger charge is -2.01. The predicted molar refractivity (Wildman–Crippen MR) is 82.0 cm³/mol. The second-order valence-electron chi connectivity index (χ2n) is 4.55. The van der Waals surface area contributed by atoms with Gasteiger partial charge in [-0.1, -0.05) is 23.8 Å². The van der Waals surface area contributed by atoms with Gasteiger partial charge in [-0.3, -0.25) is 4.68 Å². The van der Waals surface area contributed by atoms with Crippen LogP contribution in [0.15, 0.2) is 12.1 Å². The summed E-state index contributed by atoms with van der Waals surface area (Å²) in [6.45, 7) is 4.27. The Bertz CT molecular complexity index is 621. The van der Waals surface area contributed by atoms with Crippen LogP contribution in [-0.4, -0.2) is 41.6 Å². The highest BCUT2D eigenvalue weighted by Gasteiger charge is 2.09. The van der Waals surface area contributed by atoms with Gasteiger partial charge in [0.05, 0.1) is 12.3 Å². The molecule has 2 heterocycles.